The second kappa shape index (κ2) is 6.52. The van der Waals surface area contributed by atoms with Crippen LogP contribution in [0.3, 0.4) is 0 Å². The van der Waals surface area contributed by atoms with Gasteiger partial charge in [0, 0.05) is 4.88 Å². The Hall–Kier alpha value is -0.880. The van der Waals surface area contributed by atoms with Crippen molar-refractivity contribution < 1.29 is 14.3 Å². The molecule has 1 amide bonds. The zero-order valence-electron chi connectivity index (χ0n) is 11.5. The lowest BCUT2D eigenvalue weighted by molar-refractivity contribution is -0.117. The summed E-state index contributed by atoms with van der Waals surface area (Å²) >= 11 is 4.70. The summed E-state index contributed by atoms with van der Waals surface area (Å²) in [4.78, 5) is 24.8. The van der Waals surface area contributed by atoms with Gasteiger partial charge in [-0.25, -0.2) is 4.79 Å². The molecule has 1 aromatic rings. The van der Waals surface area contributed by atoms with E-state index in [2.05, 4.69) is 21.2 Å². The smallest absolute Gasteiger partial charge is 0.341 e. The van der Waals surface area contributed by atoms with Crippen molar-refractivity contribution >= 4 is 44.1 Å². The highest BCUT2D eigenvalue weighted by Crippen LogP contribution is 2.31. The number of halogens is 1. The fraction of sp³-hybridized carbons (Fsp3) is 0.538. The number of hydrogen-bond acceptors (Lipinski definition) is 4. The molecule has 1 heterocycles. The fourth-order valence-corrected chi connectivity index (χ4v) is 2.40. The molecule has 1 N–H and O–H groups in total. The van der Waals surface area contributed by atoms with Crippen LogP contribution in [0.15, 0.2) is 6.07 Å². The number of carbonyl (C=O) groups is 2. The van der Waals surface area contributed by atoms with Gasteiger partial charge in [-0.1, -0.05) is 22.9 Å². The van der Waals surface area contributed by atoms with Gasteiger partial charge in [0.05, 0.1) is 16.5 Å². The summed E-state index contributed by atoms with van der Waals surface area (Å²) in [6.45, 7) is 7.57. The van der Waals surface area contributed by atoms with Gasteiger partial charge in [-0.15, -0.1) is 11.3 Å². The molecule has 0 atom stereocenters. The van der Waals surface area contributed by atoms with Crippen LogP contribution in [0, 0.1) is 0 Å². The van der Waals surface area contributed by atoms with Crippen molar-refractivity contribution in [2.45, 2.75) is 38.4 Å². The molecule has 0 aliphatic carbocycles. The van der Waals surface area contributed by atoms with E-state index < -0.39 is 10.3 Å². The number of carbonyl (C=O) groups excluding carboxylic acids is 2. The molecule has 0 bridgehead atoms. The average Bonchev–Trinajstić information content (AvgIpc) is 2.71. The largest absolute Gasteiger partial charge is 0.462 e. The molecule has 0 unspecified atom stereocenters. The molecule has 0 aromatic carbocycles. The topological polar surface area (TPSA) is 55.4 Å². The van der Waals surface area contributed by atoms with Crippen LogP contribution >= 0.6 is 27.3 Å². The van der Waals surface area contributed by atoms with E-state index in [0.29, 0.717) is 17.2 Å². The van der Waals surface area contributed by atoms with Crippen molar-refractivity contribution in [2.24, 2.45) is 0 Å². The maximum absolute atomic E-state index is 12.0. The summed E-state index contributed by atoms with van der Waals surface area (Å²) in [5, 5.41) is 3.33. The zero-order chi connectivity index (χ0) is 14.6. The number of ether oxygens (including phenoxy) is 1. The zero-order valence-corrected chi connectivity index (χ0v) is 13.9. The number of rotatable bonds is 5. The Morgan fingerprint density at radius 3 is 2.53 bits per heavy atom. The van der Waals surface area contributed by atoms with Crippen molar-refractivity contribution in [3.8, 4) is 0 Å². The van der Waals surface area contributed by atoms with Crippen molar-refractivity contribution in [1.29, 1.82) is 0 Å². The first-order valence-corrected chi connectivity index (χ1v) is 7.70. The Morgan fingerprint density at radius 2 is 2.05 bits per heavy atom. The minimum atomic E-state index is -0.685. The predicted molar refractivity (Wildman–Crippen MR) is 81.3 cm³/mol. The molecule has 1 aromatic heterocycles. The van der Waals surface area contributed by atoms with E-state index in [1.165, 1.54) is 11.3 Å². The molecule has 0 radical (unpaired) electrons. The Bertz CT molecular complexity index is 477. The molecular weight excluding hydrogens is 330 g/mol. The van der Waals surface area contributed by atoms with Crippen LogP contribution in [0.25, 0.3) is 0 Å². The average molecular weight is 348 g/mol. The lowest BCUT2D eigenvalue weighted by Gasteiger charge is -2.15. The van der Waals surface area contributed by atoms with Crippen LogP contribution in [-0.2, 0) is 16.0 Å². The summed E-state index contributed by atoms with van der Waals surface area (Å²) < 4.78 is 4.31. The van der Waals surface area contributed by atoms with Crippen LogP contribution in [-0.4, -0.2) is 22.8 Å². The standard InChI is InChI=1S/C13H18BrNO3S/c1-5-8-7-9(11(16)18-6-2)10(19-8)15-12(17)13(3,4)14/h7H,5-6H2,1-4H3,(H,15,17). The van der Waals surface area contributed by atoms with Crippen LogP contribution in [0.4, 0.5) is 5.00 Å². The molecular formula is C13H18BrNO3S. The highest BCUT2D eigenvalue weighted by Gasteiger charge is 2.26. The second-order valence-electron chi connectivity index (χ2n) is 4.46. The van der Waals surface area contributed by atoms with E-state index in [1.54, 1.807) is 26.8 Å². The third-order valence-corrected chi connectivity index (χ3v) is 3.95. The third kappa shape index (κ3) is 4.31. The molecule has 0 fully saturated rings. The van der Waals surface area contributed by atoms with Crippen molar-refractivity contribution in [2.75, 3.05) is 11.9 Å². The first-order valence-electron chi connectivity index (χ1n) is 6.09. The minimum Gasteiger partial charge on any atom is -0.462 e. The fourth-order valence-electron chi connectivity index (χ4n) is 1.32. The van der Waals surface area contributed by atoms with Crippen molar-refractivity contribution in [3.05, 3.63) is 16.5 Å². The maximum Gasteiger partial charge on any atom is 0.341 e. The summed E-state index contributed by atoms with van der Waals surface area (Å²) in [7, 11) is 0. The molecule has 0 spiro atoms. The van der Waals surface area contributed by atoms with Crippen LogP contribution in [0.1, 0.15) is 42.9 Å². The van der Waals surface area contributed by atoms with Crippen LogP contribution in [0.2, 0.25) is 0 Å². The number of hydrogen-bond donors (Lipinski definition) is 1. The number of nitrogens with one attached hydrogen (secondary N) is 1. The van der Waals surface area contributed by atoms with E-state index >= 15 is 0 Å². The lowest BCUT2D eigenvalue weighted by atomic mass is 10.2. The van der Waals surface area contributed by atoms with Gasteiger partial charge in [-0.2, -0.15) is 0 Å². The Labute approximate surface area is 125 Å². The van der Waals surface area contributed by atoms with Gasteiger partial charge in [-0.3, -0.25) is 4.79 Å². The van der Waals surface area contributed by atoms with E-state index in [-0.39, 0.29) is 5.91 Å². The molecule has 1 rings (SSSR count). The molecule has 6 heteroatoms. The van der Waals surface area contributed by atoms with Gasteiger partial charge in [0.25, 0.3) is 0 Å². The highest BCUT2D eigenvalue weighted by atomic mass is 79.9. The second-order valence-corrected chi connectivity index (χ2v) is 7.58. The molecule has 0 aliphatic rings. The summed E-state index contributed by atoms with van der Waals surface area (Å²) in [5.41, 5.74) is 0.425. The Balaban J connectivity index is 3.02. The van der Waals surface area contributed by atoms with Gasteiger partial charge in [-0.05, 0) is 33.3 Å². The van der Waals surface area contributed by atoms with E-state index in [0.717, 1.165) is 11.3 Å². The lowest BCUT2D eigenvalue weighted by Crippen LogP contribution is -2.31. The molecule has 106 valence electrons. The van der Waals surface area contributed by atoms with Crippen molar-refractivity contribution in [3.63, 3.8) is 0 Å². The molecule has 0 saturated carbocycles. The number of alkyl halides is 1. The van der Waals surface area contributed by atoms with E-state index in [9.17, 15) is 9.59 Å². The van der Waals surface area contributed by atoms with E-state index in [4.69, 9.17) is 4.74 Å². The quantitative estimate of drug-likeness (QED) is 0.653. The van der Waals surface area contributed by atoms with Gasteiger partial charge in [0.1, 0.15) is 5.00 Å². The third-order valence-electron chi connectivity index (χ3n) is 2.39. The normalized spacial score (nSPS) is 11.2. The van der Waals surface area contributed by atoms with E-state index in [1.807, 2.05) is 6.92 Å². The number of amides is 1. The minimum absolute atomic E-state index is 0.192. The molecule has 19 heavy (non-hydrogen) atoms. The molecule has 0 saturated heterocycles. The number of esters is 1. The maximum atomic E-state index is 12.0. The van der Waals surface area contributed by atoms with Gasteiger partial charge >= 0.3 is 5.97 Å². The predicted octanol–water partition coefficient (Wildman–Crippen LogP) is 3.60. The Kier molecular flexibility index (Phi) is 5.55. The summed E-state index contributed by atoms with van der Waals surface area (Å²) in [6, 6.07) is 1.78. The van der Waals surface area contributed by atoms with Crippen molar-refractivity contribution in [1.82, 2.24) is 0 Å². The monoisotopic (exact) mass is 347 g/mol. The SMILES string of the molecule is CCOC(=O)c1cc(CC)sc1NC(=O)C(C)(C)Br. The Morgan fingerprint density at radius 1 is 1.42 bits per heavy atom. The summed E-state index contributed by atoms with van der Waals surface area (Å²) in [5.74, 6) is -0.594. The summed E-state index contributed by atoms with van der Waals surface area (Å²) in [6.07, 6.45) is 0.810. The molecule has 0 aliphatic heterocycles. The molecule has 4 nitrogen and oxygen atoms in total. The van der Waals surface area contributed by atoms with Gasteiger partial charge < -0.3 is 10.1 Å². The first-order chi connectivity index (χ1) is 8.79. The highest BCUT2D eigenvalue weighted by molar-refractivity contribution is 9.10. The van der Waals surface area contributed by atoms with Gasteiger partial charge in [0.2, 0.25) is 5.91 Å². The van der Waals surface area contributed by atoms with Crippen LogP contribution < -0.4 is 5.32 Å². The van der Waals surface area contributed by atoms with Crippen LogP contribution in [0.5, 0.6) is 0 Å². The first kappa shape index (κ1) is 16.2. The number of aryl methyl sites for hydroxylation is 1. The number of thiophene rings is 1. The van der Waals surface area contributed by atoms with Gasteiger partial charge in [0.15, 0.2) is 0 Å². The number of anilines is 1.